The maximum atomic E-state index is 9.61. The van der Waals surface area contributed by atoms with Crippen LogP contribution in [0.3, 0.4) is 0 Å². The third-order valence-electron chi connectivity index (χ3n) is 4.31. The summed E-state index contributed by atoms with van der Waals surface area (Å²) in [6.07, 6.45) is 0. The van der Waals surface area contributed by atoms with E-state index >= 15 is 0 Å². The van der Waals surface area contributed by atoms with E-state index in [4.69, 9.17) is 0 Å². The first kappa shape index (κ1) is 12.0. The third-order valence-corrected chi connectivity index (χ3v) is 4.31. The van der Waals surface area contributed by atoms with Crippen LogP contribution in [-0.2, 0) is 0 Å². The molecule has 4 rings (SSSR count). The van der Waals surface area contributed by atoms with Gasteiger partial charge < -0.3 is 4.90 Å². The molecule has 0 spiro atoms. The fourth-order valence-electron chi connectivity index (χ4n) is 3.33. The highest BCUT2D eigenvalue weighted by atomic mass is 15.1. The van der Waals surface area contributed by atoms with E-state index < -0.39 is 0 Å². The summed E-state index contributed by atoms with van der Waals surface area (Å²) in [5, 5.41) is 12.0. The molecule has 3 aromatic rings. The van der Waals surface area contributed by atoms with Gasteiger partial charge in [-0.15, -0.1) is 0 Å². The fourth-order valence-corrected chi connectivity index (χ4v) is 3.33. The molecular formula is C19H14N2. The first-order valence-electron chi connectivity index (χ1n) is 7.05. The Morgan fingerprint density at radius 2 is 1.67 bits per heavy atom. The van der Waals surface area contributed by atoms with E-state index in [2.05, 4.69) is 53.4 Å². The lowest BCUT2D eigenvalue weighted by Gasteiger charge is -2.34. The molecule has 0 N–H and O–H groups in total. The van der Waals surface area contributed by atoms with Gasteiger partial charge in [0.15, 0.2) is 0 Å². The van der Waals surface area contributed by atoms with Gasteiger partial charge in [0.25, 0.3) is 0 Å². The lowest BCUT2D eigenvalue weighted by Crippen LogP contribution is -2.27. The minimum atomic E-state index is -0.237. The summed E-state index contributed by atoms with van der Waals surface area (Å²) in [5.41, 5.74) is 4.62. The molecule has 2 heteroatoms. The van der Waals surface area contributed by atoms with Gasteiger partial charge in [0.2, 0.25) is 0 Å². The van der Waals surface area contributed by atoms with Crippen LogP contribution in [0.15, 0.2) is 60.7 Å². The molecule has 0 aromatic heterocycles. The summed E-state index contributed by atoms with van der Waals surface area (Å²) in [6.45, 7) is 0. The third kappa shape index (κ3) is 1.58. The Bertz CT molecular complexity index is 889. The van der Waals surface area contributed by atoms with Crippen LogP contribution in [0, 0.1) is 11.3 Å². The highest BCUT2D eigenvalue weighted by Gasteiger charge is 2.29. The molecule has 0 saturated heterocycles. The Balaban J connectivity index is 2.14. The van der Waals surface area contributed by atoms with Gasteiger partial charge in [0.05, 0.1) is 11.8 Å². The van der Waals surface area contributed by atoms with Crippen molar-refractivity contribution in [2.75, 3.05) is 11.9 Å². The number of fused-ring (bicyclic) bond motifs is 5. The maximum absolute atomic E-state index is 9.61. The standard InChI is InChI=1S/C19H14N2/c1-21-18(12-20)16-9-5-4-8-15(16)17-11-10-13-6-2-3-7-14(13)19(17)21/h2-11,18H,1H3. The topological polar surface area (TPSA) is 27.0 Å². The molecule has 0 saturated carbocycles. The zero-order valence-corrected chi connectivity index (χ0v) is 11.7. The van der Waals surface area contributed by atoms with Gasteiger partial charge >= 0.3 is 0 Å². The SMILES string of the molecule is CN1c2c(ccc3ccccc23)-c2ccccc2C1C#N. The normalized spacial score (nSPS) is 16.2. The number of anilines is 1. The Hall–Kier alpha value is -2.79. The van der Waals surface area contributed by atoms with Crippen LogP contribution in [0.25, 0.3) is 21.9 Å². The lowest BCUT2D eigenvalue weighted by atomic mass is 9.87. The van der Waals surface area contributed by atoms with Crippen LogP contribution in [0.5, 0.6) is 0 Å². The van der Waals surface area contributed by atoms with Crippen molar-refractivity contribution in [3.63, 3.8) is 0 Å². The predicted octanol–water partition coefficient (Wildman–Crippen LogP) is 4.52. The second-order valence-corrected chi connectivity index (χ2v) is 5.41. The van der Waals surface area contributed by atoms with Crippen molar-refractivity contribution >= 4 is 16.5 Å². The molecule has 1 aliphatic rings. The molecule has 100 valence electrons. The van der Waals surface area contributed by atoms with Gasteiger partial charge in [0.1, 0.15) is 6.04 Å². The summed E-state index contributed by atoms with van der Waals surface area (Å²) in [5.74, 6) is 0. The van der Waals surface area contributed by atoms with Crippen molar-refractivity contribution in [3.05, 3.63) is 66.2 Å². The Labute approximate surface area is 123 Å². The molecule has 0 amide bonds. The van der Waals surface area contributed by atoms with Crippen molar-refractivity contribution in [2.24, 2.45) is 0 Å². The van der Waals surface area contributed by atoms with Crippen molar-refractivity contribution < 1.29 is 0 Å². The Morgan fingerprint density at radius 1 is 0.905 bits per heavy atom. The highest BCUT2D eigenvalue weighted by Crippen LogP contribution is 2.46. The van der Waals surface area contributed by atoms with Crippen LogP contribution in [-0.4, -0.2) is 7.05 Å². The average Bonchev–Trinajstić information content (AvgIpc) is 2.54. The molecule has 0 radical (unpaired) electrons. The molecule has 0 fully saturated rings. The first-order chi connectivity index (χ1) is 10.3. The van der Waals surface area contributed by atoms with Crippen molar-refractivity contribution in [1.29, 1.82) is 5.26 Å². The number of nitriles is 1. The molecule has 1 unspecified atom stereocenters. The van der Waals surface area contributed by atoms with Crippen LogP contribution in [0.1, 0.15) is 11.6 Å². The van der Waals surface area contributed by atoms with Gasteiger partial charge in [-0.3, -0.25) is 0 Å². The molecule has 3 aromatic carbocycles. The largest absolute Gasteiger partial charge is 0.354 e. The van der Waals surface area contributed by atoms with E-state index in [1.54, 1.807) is 0 Å². The van der Waals surface area contributed by atoms with E-state index in [-0.39, 0.29) is 6.04 Å². The molecule has 0 aliphatic carbocycles. The summed E-state index contributed by atoms with van der Waals surface area (Å²) in [7, 11) is 2.01. The number of hydrogen-bond donors (Lipinski definition) is 0. The van der Waals surface area contributed by atoms with E-state index in [0.717, 1.165) is 11.3 Å². The van der Waals surface area contributed by atoms with Gasteiger partial charge in [-0.1, -0.05) is 60.7 Å². The second-order valence-electron chi connectivity index (χ2n) is 5.41. The van der Waals surface area contributed by atoms with E-state index in [9.17, 15) is 5.26 Å². The summed E-state index contributed by atoms with van der Waals surface area (Å²) < 4.78 is 0. The first-order valence-corrected chi connectivity index (χ1v) is 7.05. The molecule has 0 bridgehead atoms. The number of rotatable bonds is 0. The molecule has 2 nitrogen and oxygen atoms in total. The molecule has 1 atom stereocenters. The summed E-state index contributed by atoms with van der Waals surface area (Å²) in [6, 6.07) is 23.1. The predicted molar refractivity (Wildman–Crippen MR) is 86.1 cm³/mol. The van der Waals surface area contributed by atoms with Gasteiger partial charge in [-0.05, 0) is 16.5 Å². The Morgan fingerprint density at radius 3 is 2.52 bits per heavy atom. The van der Waals surface area contributed by atoms with Crippen LogP contribution < -0.4 is 4.90 Å². The fraction of sp³-hybridized carbons (Fsp3) is 0.105. The molecule has 1 heterocycles. The number of nitrogens with zero attached hydrogens (tertiary/aromatic N) is 2. The second kappa shape index (κ2) is 4.36. The zero-order chi connectivity index (χ0) is 14.4. The van der Waals surface area contributed by atoms with Crippen LogP contribution >= 0.6 is 0 Å². The van der Waals surface area contributed by atoms with Crippen LogP contribution in [0.4, 0.5) is 5.69 Å². The smallest absolute Gasteiger partial charge is 0.143 e. The molecule has 1 aliphatic heterocycles. The van der Waals surface area contributed by atoms with Crippen molar-refractivity contribution in [2.45, 2.75) is 6.04 Å². The molecule has 21 heavy (non-hydrogen) atoms. The van der Waals surface area contributed by atoms with Gasteiger partial charge in [-0.2, -0.15) is 5.26 Å². The van der Waals surface area contributed by atoms with Crippen molar-refractivity contribution in [1.82, 2.24) is 0 Å². The number of benzene rings is 3. The van der Waals surface area contributed by atoms with Gasteiger partial charge in [-0.25, -0.2) is 0 Å². The monoisotopic (exact) mass is 270 g/mol. The van der Waals surface area contributed by atoms with E-state index in [0.29, 0.717) is 0 Å². The van der Waals surface area contributed by atoms with E-state index in [1.165, 1.54) is 21.9 Å². The highest BCUT2D eigenvalue weighted by molar-refractivity contribution is 6.04. The Kier molecular flexibility index (Phi) is 2.49. The zero-order valence-electron chi connectivity index (χ0n) is 11.7. The summed E-state index contributed by atoms with van der Waals surface area (Å²) >= 11 is 0. The summed E-state index contributed by atoms with van der Waals surface area (Å²) in [4.78, 5) is 2.10. The minimum absolute atomic E-state index is 0.237. The molecular weight excluding hydrogens is 256 g/mol. The van der Waals surface area contributed by atoms with Crippen molar-refractivity contribution in [3.8, 4) is 17.2 Å². The average molecular weight is 270 g/mol. The van der Waals surface area contributed by atoms with Crippen LogP contribution in [0.2, 0.25) is 0 Å². The quantitative estimate of drug-likeness (QED) is 0.600. The minimum Gasteiger partial charge on any atom is -0.354 e. The lowest BCUT2D eigenvalue weighted by molar-refractivity contribution is 0.817. The maximum Gasteiger partial charge on any atom is 0.143 e. The van der Waals surface area contributed by atoms with E-state index in [1.807, 2.05) is 25.2 Å². The van der Waals surface area contributed by atoms with Gasteiger partial charge in [0, 0.05) is 18.0 Å². The number of hydrogen-bond acceptors (Lipinski definition) is 2.